The molecular formula is C22H22N2O2. The molecule has 2 N–H and O–H groups in total. The van der Waals surface area contributed by atoms with E-state index < -0.39 is 0 Å². The molecule has 26 heavy (non-hydrogen) atoms. The lowest BCUT2D eigenvalue weighted by Gasteiger charge is -2.13. The highest BCUT2D eigenvalue weighted by molar-refractivity contribution is 5.85. The number of fused-ring (bicyclic) bond motifs is 2. The molecule has 4 rings (SSSR count). The van der Waals surface area contributed by atoms with Crippen LogP contribution in [0.3, 0.4) is 0 Å². The number of aromatic nitrogens is 2. The van der Waals surface area contributed by atoms with Crippen molar-refractivity contribution in [1.82, 2.24) is 9.97 Å². The highest BCUT2D eigenvalue weighted by atomic mass is 16.3. The smallest absolute Gasteiger partial charge is 0.141 e. The van der Waals surface area contributed by atoms with Gasteiger partial charge in [-0.3, -0.25) is 0 Å². The van der Waals surface area contributed by atoms with Crippen molar-refractivity contribution in [3.63, 3.8) is 0 Å². The molecule has 0 unspecified atom stereocenters. The van der Waals surface area contributed by atoms with Crippen molar-refractivity contribution in [3.8, 4) is 11.5 Å². The Morgan fingerprint density at radius 3 is 1.50 bits per heavy atom. The van der Waals surface area contributed by atoms with Crippen LogP contribution in [0, 0.1) is 0 Å². The molecular weight excluding hydrogens is 324 g/mol. The summed E-state index contributed by atoms with van der Waals surface area (Å²) in [6.45, 7) is 6.02. The fourth-order valence-corrected chi connectivity index (χ4v) is 2.93. The van der Waals surface area contributed by atoms with Crippen LogP contribution in [0.1, 0.15) is 38.1 Å². The SMILES string of the molecule is CC.CC(c1ccc2cccc(O)c2n1)c1ccc2cccc(O)c2n1. The maximum Gasteiger partial charge on any atom is 0.141 e. The first kappa shape index (κ1) is 17.7. The van der Waals surface area contributed by atoms with E-state index in [1.165, 1.54) is 0 Å². The average Bonchev–Trinajstić information content (AvgIpc) is 2.69. The first-order chi connectivity index (χ1) is 12.6. The molecule has 0 radical (unpaired) electrons. The van der Waals surface area contributed by atoms with Crippen molar-refractivity contribution >= 4 is 21.8 Å². The van der Waals surface area contributed by atoms with Crippen molar-refractivity contribution < 1.29 is 10.2 Å². The summed E-state index contributed by atoms with van der Waals surface area (Å²) in [6, 6.07) is 18.5. The monoisotopic (exact) mass is 346 g/mol. The van der Waals surface area contributed by atoms with Gasteiger partial charge in [0.25, 0.3) is 0 Å². The molecule has 0 aliphatic carbocycles. The number of hydrogen-bond donors (Lipinski definition) is 2. The van der Waals surface area contributed by atoms with Crippen LogP contribution >= 0.6 is 0 Å². The van der Waals surface area contributed by atoms with Gasteiger partial charge in [-0.1, -0.05) is 57.2 Å². The van der Waals surface area contributed by atoms with E-state index >= 15 is 0 Å². The molecule has 2 aromatic carbocycles. The topological polar surface area (TPSA) is 66.2 Å². The predicted molar refractivity (Wildman–Crippen MR) is 106 cm³/mol. The maximum atomic E-state index is 10.0. The molecule has 0 saturated heterocycles. The number of phenolic OH excluding ortho intramolecular Hbond substituents is 2. The molecule has 0 fully saturated rings. The number of nitrogens with zero attached hydrogens (tertiary/aromatic N) is 2. The second-order valence-electron chi connectivity index (χ2n) is 5.89. The zero-order valence-corrected chi connectivity index (χ0v) is 15.1. The van der Waals surface area contributed by atoms with Gasteiger partial charge in [-0.15, -0.1) is 0 Å². The lowest BCUT2D eigenvalue weighted by molar-refractivity contribution is 0.480. The van der Waals surface area contributed by atoms with E-state index in [1.54, 1.807) is 24.3 Å². The van der Waals surface area contributed by atoms with Crippen LogP contribution in [-0.2, 0) is 0 Å². The minimum atomic E-state index is -0.0574. The van der Waals surface area contributed by atoms with Gasteiger partial charge in [-0.25, -0.2) is 9.97 Å². The van der Waals surface area contributed by atoms with Crippen molar-refractivity contribution in [2.75, 3.05) is 0 Å². The molecule has 4 nitrogen and oxygen atoms in total. The van der Waals surface area contributed by atoms with Crippen molar-refractivity contribution in [2.45, 2.75) is 26.7 Å². The molecule has 0 saturated carbocycles. The second kappa shape index (κ2) is 7.40. The Hall–Kier alpha value is -3.14. The van der Waals surface area contributed by atoms with Crippen molar-refractivity contribution in [1.29, 1.82) is 0 Å². The Morgan fingerprint density at radius 2 is 1.08 bits per heavy atom. The lowest BCUT2D eigenvalue weighted by atomic mass is 10.0. The van der Waals surface area contributed by atoms with Crippen LogP contribution in [0.15, 0.2) is 60.7 Å². The first-order valence-electron chi connectivity index (χ1n) is 8.81. The van der Waals surface area contributed by atoms with Gasteiger partial charge in [0.2, 0.25) is 0 Å². The maximum absolute atomic E-state index is 10.0. The summed E-state index contributed by atoms with van der Waals surface area (Å²) >= 11 is 0. The van der Waals surface area contributed by atoms with Gasteiger partial charge in [0.1, 0.15) is 22.5 Å². The summed E-state index contributed by atoms with van der Waals surface area (Å²) in [5, 5.41) is 21.8. The van der Waals surface area contributed by atoms with Gasteiger partial charge < -0.3 is 10.2 Å². The summed E-state index contributed by atoms with van der Waals surface area (Å²) < 4.78 is 0. The number of benzene rings is 2. The Bertz CT molecular complexity index is 975. The van der Waals surface area contributed by atoms with E-state index in [1.807, 2.05) is 57.2 Å². The normalized spacial score (nSPS) is 10.8. The van der Waals surface area contributed by atoms with Crippen LogP contribution in [-0.4, -0.2) is 20.2 Å². The summed E-state index contributed by atoms with van der Waals surface area (Å²) in [5.74, 6) is 0.286. The molecule has 0 spiro atoms. The minimum Gasteiger partial charge on any atom is -0.506 e. The van der Waals surface area contributed by atoms with Crippen LogP contribution in [0.4, 0.5) is 0 Å². The molecule has 2 heterocycles. The molecule has 2 aromatic heterocycles. The standard InChI is InChI=1S/C20H16N2O2.C2H6/c1-12(15-10-8-13-4-2-6-17(23)19(13)21-15)16-11-9-14-5-3-7-18(24)20(14)22-16;1-2/h2-12,23-24H,1H3;1-2H3. The van der Waals surface area contributed by atoms with E-state index in [9.17, 15) is 10.2 Å². The molecule has 0 atom stereocenters. The van der Waals surface area contributed by atoms with E-state index in [0.29, 0.717) is 11.0 Å². The van der Waals surface area contributed by atoms with Crippen LogP contribution in [0.5, 0.6) is 11.5 Å². The molecule has 0 aliphatic rings. The zero-order valence-electron chi connectivity index (χ0n) is 15.1. The minimum absolute atomic E-state index is 0.0574. The fourth-order valence-electron chi connectivity index (χ4n) is 2.93. The van der Waals surface area contributed by atoms with Crippen molar-refractivity contribution in [2.24, 2.45) is 0 Å². The number of pyridine rings is 2. The fraction of sp³-hybridized carbons (Fsp3) is 0.182. The van der Waals surface area contributed by atoms with Gasteiger partial charge >= 0.3 is 0 Å². The Labute approximate surface area is 152 Å². The third-order valence-corrected chi connectivity index (χ3v) is 4.33. The molecule has 132 valence electrons. The molecule has 4 aromatic rings. The third-order valence-electron chi connectivity index (χ3n) is 4.33. The zero-order chi connectivity index (χ0) is 18.7. The number of para-hydroxylation sites is 2. The first-order valence-corrected chi connectivity index (χ1v) is 8.81. The lowest BCUT2D eigenvalue weighted by Crippen LogP contribution is -2.02. The summed E-state index contributed by atoms with van der Waals surface area (Å²) in [4.78, 5) is 9.20. The number of aromatic hydroxyl groups is 2. The highest BCUT2D eigenvalue weighted by Gasteiger charge is 2.14. The largest absolute Gasteiger partial charge is 0.506 e. The number of rotatable bonds is 2. The molecule has 0 amide bonds. The summed E-state index contributed by atoms with van der Waals surface area (Å²) in [7, 11) is 0. The number of phenols is 2. The van der Waals surface area contributed by atoms with Gasteiger partial charge in [0, 0.05) is 16.7 Å². The molecule has 0 aliphatic heterocycles. The van der Waals surface area contributed by atoms with Crippen molar-refractivity contribution in [3.05, 3.63) is 72.1 Å². The van der Waals surface area contributed by atoms with E-state index in [2.05, 4.69) is 9.97 Å². The van der Waals surface area contributed by atoms with Crippen LogP contribution < -0.4 is 0 Å². The van der Waals surface area contributed by atoms with Crippen LogP contribution in [0.2, 0.25) is 0 Å². The van der Waals surface area contributed by atoms with E-state index in [0.717, 1.165) is 22.2 Å². The second-order valence-corrected chi connectivity index (χ2v) is 5.89. The van der Waals surface area contributed by atoms with Gasteiger partial charge in [-0.2, -0.15) is 0 Å². The predicted octanol–water partition coefficient (Wildman–Crippen LogP) is 5.37. The quantitative estimate of drug-likeness (QED) is 0.512. The summed E-state index contributed by atoms with van der Waals surface area (Å²) in [5.41, 5.74) is 2.83. The van der Waals surface area contributed by atoms with Gasteiger partial charge in [0.15, 0.2) is 0 Å². The molecule has 4 heteroatoms. The highest BCUT2D eigenvalue weighted by Crippen LogP contribution is 2.29. The van der Waals surface area contributed by atoms with Gasteiger partial charge in [-0.05, 0) is 24.3 Å². The molecule has 0 bridgehead atoms. The third kappa shape index (κ3) is 3.18. The van der Waals surface area contributed by atoms with Crippen LogP contribution in [0.25, 0.3) is 21.8 Å². The summed E-state index contributed by atoms with van der Waals surface area (Å²) in [6.07, 6.45) is 0. The van der Waals surface area contributed by atoms with E-state index in [4.69, 9.17) is 0 Å². The Kier molecular flexibility index (Phi) is 5.03. The van der Waals surface area contributed by atoms with Gasteiger partial charge in [0.05, 0.1) is 11.4 Å². The number of hydrogen-bond acceptors (Lipinski definition) is 4. The average molecular weight is 346 g/mol. The Morgan fingerprint density at radius 1 is 0.654 bits per heavy atom. The Balaban J connectivity index is 0.000000948. The van der Waals surface area contributed by atoms with E-state index in [-0.39, 0.29) is 17.4 Å².